The van der Waals surface area contributed by atoms with Gasteiger partial charge in [0.25, 0.3) is 0 Å². The highest BCUT2D eigenvalue weighted by molar-refractivity contribution is 5.53. The highest BCUT2D eigenvalue weighted by atomic mass is 15.2. The molecule has 0 radical (unpaired) electrons. The Morgan fingerprint density at radius 1 is 1.26 bits per heavy atom. The second kappa shape index (κ2) is 4.74. The molecule has 5 heteroatoms. The number of aryl methyl sites for hydroxylation is 3. The number of hydrogen-bond donors (Lipinski definition) is 1. The Hall–Kier alpha value is -1.75. The molecule has 0 aromatic carbocycles. The van der Waals surface area contributed by atoms with E-state index in [0.29, 0.717) is 6.04 Å². The Balaban J connectivity index is 1.87. The summed E-state index contributed by atoms with van der Waals surface area (Å²) in [4.78, 5) is 9.22. The summed E-state index contributed by atoms with van der Waals surface area (Å²) in [6, 6.07) is 0.705. The Morgan fingerprint density at radius 2 is 1.95 bits per heavy atom. The van der Waals surface area contributed by atoms with Crippen molar-refractivity contribution in [2.24, 2.45) is 7.05 Å². The third-order valence-electron chi connectivity index (χ3n) is 3.53. The third-order valence-corrected chi connectivity index (χ3v) is 3.53. The minimum Gasteiger partial charge on any atom is -0.310 e. The molecular weight excluding hydrogens is 238 g/mol. The summed E-state index contributed by atoms with van der Waals surface area (Å²) in [7, 11) is 1.90. The molecule has 0 saturated heterocycles. The first-order valence-corrected chi connectivity index (χ1v) is 6.70. The number of nitrogens with zero attached hydrogens (tertiary/aromatic N) is 4. The first kappa shape index (κ1) is 12.3. The van der Waals surface area contributed by atoms with Crippen LogP contribution in [0.1, 0.15) is 29.8 Å². The van der Waals surface area contributed by atoms with Gasteiger partial charge in [-0.25, -0.2) is 9.97 Å². The first-order chi connectivity index (χ1) is 9.13. The average Bonchev–Trinajstić information content (AvgIpc) is 3.08. The lowest BCUT2D eigenvalue weighted by Crippen LogP contribution is -2.18. The van der Waals surface area contributed by atoms with Crippen molar-refractivity contribution >= 4 is 0 Å². The molecule has 0 atom stereocenters. The molecule has 2 heterocycles. The standard InChI is InChI=1S/C14H19N5/c1-9-13(7-15-12-4-5-12)10(2)18-14(17-9)11-6-16-19(3)8-11/h6,8,12,15H,4-5,7H2,1-3H3. The molecule has 1 aliphatic carbocycles. The maximum absolute atomic E-state index is 4.61. The van der Waals surface area contributed by atoms with Crippen LogP contribution in [0.25, 0.3) is 11.4 Å². The molecule has 5 nitrogen and oxygen atoms in total. The molecule has 100 valence electrons. The van der Waals surface area contributed by atoms with Gasteiger partial charge in [-0.3, -0.25) is 4.68 Å². The fourth-order valence-electron chi connectivity index (χ4n) is 2.19. The molecule has 0 amide bonds. The van der Waals surface area contributed by atoms with Crippen LogP contribution in [-0.2, 0) is 13.6 Å². The van der Waals surface area contributed by atoms with Crippen molar-refractivity contribution in [2.45, 2.75) is 39.3 Å². The van der Waals surface area contributed by atoms with Crippen molar-refractivity contribution in [1.29, 1.82) is 0 Å². The Labute approximate surface area is 113 Å². The van der Waals surface area contributed by atoms with Crippen LogP contribution in [0.5, 0.6) is 0 Å². The van der Waals surface area contributed by atoms with Gasteiger partial charge in [-0.15, -0.1) is 0 Å². The van der Waals surface area contributed by atoms with Gasteiger partial charge in [0.15, 0.2) is 5.82 Å². The number of hydrogen-bond acceptors (Lipinski definition) is 4. The fraction of sp³-hybridized carbons (Fsp3) is 0.500. The summed E-state index contributed by atoms with van der Waals surface area (Å²) in [5.74, 6) is 0.762. The predicted octanol–water partition coefficient (Wildman–Crippen LogP) is 1.75. The summed E-state index contributed by atoms with van der Waals surface area (Å²) in [5, 5.41) is 7.69. The van der Waals surface area contributed by atoms with E-state index in [1.165, 1.54) is 18.4 Å². The van der Waals surface area contributed by atoms with Crippen LogP contribution in [0, 0.1) is 13.8 Å². The predicted molar refractivity (Wildman–Crippen MR) is 73.6 cm³/mol. The summed E-state index contributed by atoms with van der Waals surface area (Å²) < 4.78 is 1.77. The first-order valence-electron chi connectivity index (χ1n) is 6.70. The van der Waals surface area contributed by atoms with E-state index in [0.717, 1.165) is 29.3 Å². The van der Waals surface area contributed by atoms with E-state index >= 15 is 0 Å². The SMILES string of the molecule is Cc1nc(-c2cnn(C)c2)nc(C)c1CNC1CC1. The quantitative estimate of drug-likeness (QED) is 0.906. The van der Waals surface area contributed by atoms with E-state index in [-0.39, 0.29) is 0 Å². The van der Waals surface area contributed by atoms with Crippen molar-refractivity contribution in [3.05, 3.63) is 29.3 Å². The smallest absolute Gasteiger partial charge is 0.162 e. The molecule has 1 N–H and O–H groups in total. The second-order valence-corrected chi connectivity index (χ2v) is 5.25. The van der Waals surface area contributed by atoms with E-state index in [1.807, 2.05) is 13.2 Å². The molecule has 3 rings (SSSR count). The van der Waals surface area contributed by atoms with Gasteiger partial charge in [-0.05, 0) is 26.7 Å². The van der Waals surface area contributed by atoms with Crippen molar-refractivity contribution in [3.63, 3.8) is 0 Å². The molecule has 0 spiro atoms. The number of rotatable bonds is 4. The summed E-state index contributed by atoms with van der Waals surface area (Å²) >= 11 is 0. The lowest BCUT2D eigenvalue weighted by molar-refractivity contribution is 0.675. The van der Waals surface area contributed by atoms with E-state index in [1.54, 1.807) is 10.9 Å². The maximum atomic E-state index is 4.61. The summed E-state index contributed by atoms with van der Waals surface area (Å²) in [5.41, 5.74) is 4.30. The molecule has 2 aromatic rings. The fourth-order valence-corrected chi connectivity index (χ4v) is 2.19. The third kappa shape index (κ3) is 2.66. The van der Waals surface area contributed by atoms with Gasteiger partial charge in [-0.1, -0.05) is 0 Å². The van der Waals surface area contributed by atoms with Crippen LogP contribution in [0.4, 0.5) is 0 Å². The zero-order valence-electron chi connectivity index (χ0n) is 11.6. The summed E-state index contributed by atoms with van der Waals surface area (Å²) in [6.45, 7) is 4.98. The molecule has 0 bridgehead atoms. The zero-order valence-corrected chi connectivity index (χ0v) is 11.6. The van der Waals surface area contributed by atoms with Gasteiger partial charge in [0.05, 0.1) is 11.8 Å². The molecular formula is C14H19N5. The van der Waals surface area contributed by atoms with Gasteiger partial charge in [0.2, 0.25) is 0 Å². The molecule has 1 aliphatic rings. The van der Waals surface area contributed by atoms with Crippen molar-refractivity contribution in [3.8, 4) is 11.4 Å². The Bertz CT molecular complexity index is 575. The zero-order chi connectivity index (χ0) is 13.4. The normalized spacial score (nSPS) is 14.9. The molecule has 2 aromatic heterocycles. The Kier molecular flexibility index (Phi) is 3.06. The van der Waals surface area contributed by atoms with Crippen molar-refractivity contribution in [1.82, 2.24) is 25.1 Å². The lowest BCUT2D eigenvalue weighted by Gasteiger charge is -2.10. The highest BCUT2D eigenvalue weighted by Crippen LogP contribution is 2.21. The van der Waals surface area contributed by atoms with Gasteiger partial charge >= 0.3 is 0 Å². The van der Waals surface area contributed by atoms with Gasteiger partial charge in [0, 0.05) is 42.8 Å². The van der Waals surface area contributed by atoms with Gasteiger partial charge in [-0.2, -0.15) is 5.10 Å². The largest absolute Gasteiger partial charge is 0.310 e. The maximum Gasteiger partial charge on any atom is 0.162 e. The van der Waals surface area contributed by atoms with Crippen LogP contribution in [0.3, 0.4) is 0 Å². The summed E-state index contributed by atoms with van der Waals surface area (Å²) in [6.07, 6.45) is 6.34. The van der Waals surface area contributed by atoms with E-state index in [4.69, 9.17) is 0 Å². The van der Waals surface area contributed by atoms with Gasteiger partial charge < -0.3 is 5.32 Å². The second-order valence-electron chi connectivity index (χ2n) is 5.25. The van der Waals surface area contributed by atoms with E-state index < -0.39 is 0 Å². The molecule has 0 aliphatic heterocycles. The lowest BCUT2D eigenvalue weighted by atomic mass is 10.1. The van der Waals surface area contributed by atoms with Crippen LogP contribution >= 0.6 is 0 Å². The number of aromatic nitrogens is 4. The van der Waals surface area contributed by atoms with Crippen LogP contribution in [0.15, 0.2) is 12.4 Å². The van der Waals surface area contributed by atoms with E-state index in [9.17, 15) is 0 Å². The molecule has 0 unspecified atom stereocenters. The van der Waals surface area contributed by atoms with Gasteiger partial charge in [0.1, 0.15) is 0 Å². The highest BCUT2D eigenvalue weighted by Gasteiger charge is 2.21. The number of nitrogens with one attached hydrogen (secondary N) is 1. The Morgan fingerprint density at radius 3 is 2.47 bits per heavy atom. The monoisotopic (exact) mass is 257 g/mol. The topological polar surface area (TPSA) is 55.6 Å². The molecule has 1 fully saturated rings. The van der Waals surface area contributed by atoms with Crippen LogP contribution in [-0.4, -0.2) is 25.8 Å². The minimum absolute atomic E-state index is 0.705. The van der Waals surface area contributed by atoms with Crippen LogP contribution < -0.4 is 5.32 Å². The van der Waals surface area contributed by atoms with Crippen molar-refractivity contribution < 1.29 is 0 Å². The van der Waals surface area contributed by atoms with Crippen LogP contribution in [0.2, 0.25) is 0 Å². The molecule has 1 saturated carbocycles. The van der Waals surface area contributed by atoms with E-state index in [2.05, 4.69) is 34.2 Å². The average molecular weight is 257 g/mol. The minimum atomic E-state index is 0.705. The molecule has 19 heavy (non-hydrogen) atoms. The van der Waals surface area contributed by atoms with Crippen molar-refractivity contribution in [2.75, 3.05) is 0 Å².